The smallest absolute Gasteiger partial charge is 0.270 e. The molecule has 132 valence electrons. The van der Waals surface area contributed by atoms with Crippen molar-refractivity contribution >= 4 is 11.6 Å². The number of hydrogen-bond acceptors (Lipinski definition) is 3. The fourth-order valence-corrected chi connectivity index (χ4v) is 3.11. The summed E-state index contributed by atoms with van der Waals surface area (Å²) < 4.78 is 13.6. The molecule has 1 aliphatic heterocycles. The van der Waals surface area contributed by atoms with Gasteiger partial charge in [-0.05, 0) is 42.5 Å². The first kappa shape index (κ1) is 17.7. The fourth-order valence-electron chi connectivity index (χ4n) is 3.11. The largest absolute Gasteiger partial charge is 0.389 e. The summed E-state index contributed by atoms with van der Waals surface area (Å²) in [5, 5.41) is 12.3. The van der Waals surface area contributed by atoms with Crippen LogP contribution in [0.25, 0.3) is 0 Å². The maximum atomic E-state index is 13.6. The van der Waals surface area contributed by atoms with Crippen LogP contribution in [0.4, 0.5) is 10.1 Å². The summed E-state index contributed by atoms with van der Waals surface area (Å²) in [5.41, 5.74) is 2.64. The second-order valence-corrected chi connectivity index (χ2v) is 6.15. The van der Waals surface area contributed by atoms with E-state index in [1.807, 2.05) is 30.3 Å². The van der Waals surface area contributed by atoms with E-state index in [2.05, 4.69) is 5.32 Å². The van der Waals surface area contributed by atoms with Crippen LogP contribution < -0.4 is 10.2 Å². The Balaban J connectivity index is 1.65. The topological polar surface area (TPSA) is 56.1 Å². The number of hydrogen-bond donors (Lipinski definition) is 1. The summed E-state index contributed by atoms with van der Waals surface area (Å²) in [6.45, 7) is 1.04. The van der Waals surface area contributed by atoms with E-state index in [1.54, 1.807) is 23.1 Å². The van der Waals surface area contributed by atoms with Crippen molar-refractivity contribution in [2.45, 2.75) is 19.3 Å². The van der Waals surface area contributed by atoms with Gasteiger partial charge in [-0.15, -0.1) is 0 Å². The van der Waals surface area contributed by atoms with Crippen LogP contribution in [0.3, 0.4) is 0 Å². The van der Waals surface area contributed by atoms with Crippen molar-refractivity contribution in [3.05, 3.63) is 77.2 Å². The SMILES string of the molecule is N#C/C(=C/NCCc1ccccc1F)C(=O)N1CCCc2ccccc21. The van der Waals surface area contributed by atoms with Gasteiger partial charge in [0, 0.05) is 25.0 Å². The number of fused-ring (bicyclic) bond motifs is 1. The minimum Gasteiger partial charge on any atom is -0.389 e. The Morgan fingerprint density at radius 1 is 1.23 bits per heavy atom. The molecule has 0 aliphatic carbocycles. The number of aryl methyl sites for hydroxylation is 1. The lowest BCUT2D eigenvalue weighted by molar-refractivity contribution is -0.114. The van der Waals surface area contributed by atoms with Gasteiger partial charge in [-0.1, -0.05) is 36.4 Å². The first-order valence-electron chi connectivity index (χ1n) is 8.67. The van der Waals surface area contributed by atoms with E-state index < -0.39 is 0 Å². The molecule has 0 aromatic heterocycles. The van der Waals surface area contributed by atoms with Crippen LogP contribution >= 0.6 is 0 Å². The van der Waals surface area contributed by atoms with E-state index in [4.69, 9.17) is 0 Å². The summed E-state index contributed by atoms with van der Waals surface area (Å²) >= 11 is 0. The monoisotopic (exact) mass is 349 g/mol. The average molecular weight is 349 g/mol. The van der Waals surface area contributed by atoms with Crippen LogP contribution in [0.2, 0.25) is 0 Å². The van der Waals surface area contributed by atoms with Crippen molar-refractivity contribution in [1.82, 2.24) is 5.32 Å². The van der Waals surface area contributed by atoms with Gasteiger partial charge in [0.1, 0.15) is 17.5 Å². The van der Waals surface area contributed by atoms with Crippen LogP contribution in [0.5, 0.6) is 0 Å². The van der Waals surface area contributed by atoms with Gasteiger partial charge in [0.05, 0.1) is 0 Å². The summed E-state index contributed by atoms with van der Waals surface area (Å²) in [4.78, 5) is 14.4. The summed E-state index contributed by atoms with van der Waals surface area (Å²) in [7, 11) is 0. The Morgan fingerprint density at radius 3 is 2.81 bits per heavy atom. The average Bonchev–Trinajstić information content (AvgIpc) is 2.68. The summed E-state index contributed by atoms with van der Waals surface area (Å²) in [5.74, 6) is -0.558. The number of para-hydroxylation sites is 1. The molecule has 0 fully saturated rings. The van der Waals surface area contributed by atoms with Crippen LogP contribution in [-0.4, -0.2) is 19.0 Å². The Morgan fingerprint density at radius 2 is 2.00 bits per heavy atom. The molecule has 0 bridgehead atoms. The minimum atomic E-state index is -0.307. The fraction of sp³-hybridized carbons (Fsp3) is 0.238. The summed E-state index contributed by atoms with van der Waals surface area (Å²) in [6, 6.07) is 16.3. The second kappa shape index (κ2) is 8.30. The maximum Gasteiger partial charge on any atom is 0.270 e. The van der Waals surface area contributed by atoms with E-state index in [1.165, 1.54) is 12.3 Å². The van der Waals surface area contributed by atoms with Gasteiger partial charge >= 0.3 is 0 Å². The van der Waals surface area contributed by atoms with Gasteiger partial charge in [-0.25, -0.2) is 4.39 Å². The molecule has 0 saturated heterocycles. The maximum absolute atomic E-state index is 13.6. The molecule has 0 radical (unpaired) electrons. The molecular weight excluding hydrogens is 329 g/mol. The summed E-state index contributed by atoms with van der Waals surface area (Å²) in [6.07, 6.45) is 3.72. The van der Waals surface area contributed by atoms with Crippen molar-refractivity contribution in [1.29, 1.82) is 5.26 Å². The first-order chi connectivity index (χ1) is 12.7. The number of halogens is 1. The highest BCUT2D eigenvalue weighted by atomic mass is 19.1. The number of nitrogens with one attached hydrogen (secondary N) is 1. The van der Waals surface area contributed by atoms with E-state index >= 15 is 0 Å². The number of anilines is 1. The highest BCUT2D eigenvalue weighted by Gasteiger charge is 2.24. The van der Waals surface area contributed by atoms with Crippen molar-refractivity contribution in [3.8, 4) is 6.07 Å². The van der Waals surface area contributed by atoms with E-state index in [9.17, 15) is 14.4 Å². The predicted octanol–water partition coefficient (Wildman–Crippen LogP) is 3.34. The Hall–Kier alpha value is -3.13. The highest BCUT2D eigenvalue weighted by Crippen LogP contribution is 2.27. The molecule has 5 heteroatoms. The van der Waals surface area contributed by atoms with Crippen LogP contribution in [0, 0.1) is 17.1 Å². The molecular formula is C21H20FN3O. The third kappa shape index (κ3) is 3.92. The third-order valence-electron chi connectivity index (χ3n) is 4.45. The molecule has 2 aromatic rings. The molecule has 0 saturated carbocycles. The van der Waals surface area contributed by atoms with Crippen molar-refractivity contribution in [2.24, 2.45) is 0 Å². The molecule has 26 heavy (non-hydrogen) atoms. The van der Waals surface area contributed by atoms with Gasteiger partial charge in [-0.2, -0.15) is 5.26 Å². The first-order valence-corrected chi connectivity index (χ1v) is 8.67. The molecule has 2 aromatic carbocycles. The molecule has 0 atom stereocenters. The van der Waals surface area contributed by atoms with Crippen molar-refractivity contribution in [2.75, 3.05) is 18.0 Å². The molecule has 1 N–H and O–H groups in total. The number of carbonyl (C=O) groups excluding carboxylic acids is 1. The number of nitriles is 1. The molecule has 4 nitrogen and oxygen atoms in total. The normalized spacial score (nSPS) is 13.7. The quantitative estimate of drug-likeness (QED) is 0.512. The molecule has 1 aliphatic rings. The van der Waals surface area contributed by atoms with E-state index in [0.29, 0.717) is 25.1 Å². The lowest BCUT2D eigenvalue weighted by atomic mass is 10.0. The van der Waals surface area contributed by atoms with Crippen LogP contribution in [-0.2, 0) is 17.6 Å². The lowest BCUT2D eigenvalue weighted by Crippen LogP contribution is -2.36. The molecule has 0 spiro atoms. The Bertz CT molecular complexity index is 870. The highest BCUT2D eigenvalue weighted by molar-refractivity contribution is 6.08. The standard InChI is InChI=1S/C21H20FN3O/c22-19-9-3-1-6-16(19)11-12-24-15-18(14-23)21(26)25-13-5-8-17-7-2-4-10-20(17)25/h1-4,6-7,9-10,15,24H,5,8,11-13H2/b18-15-. The zero-order chi connectivity index (χ0) is 18.4. The number of amides is 1. The number of nitrogens with zero attached hydrogens (tertiary/aromatic N) is 2. The number of benzene rings is 2. The lowest BCUT2D eigenvalue weighted by Gasteiger charge is -2.29. The zero-order valence-electron chi connectivity index (χ0n) is 14.4. The van der Waals surface area contributed by atoms with Gasteiger partial charge in [0.15, 0.2) is 0 Å². The van der Waals surface area contributed by atoms with Crippen molar-refractivity contribution < 1.29 is 9.18 Å². The molecule has 1 amide bonds. The van der Waals surface area contributed by atoms with Gasteiger partial charge < -0.3 is 10.2 Å². The zero-order valence-corrected chi connectivity index (χ0v) is 14.4. The Labute approximate surface area is 152 Å². The molecule has 1 heterocycles. The van der Waals surface area contributed by atoms with Crippen LogP contribution in [0.15, 0.2) is 60.3 Å². The second-order valence-electron chi connectivity index (χ2n) is 6.15. The molecule has 3 rings (SSSR count). The van der Waals surface area contributed by atoms with Gasteiger partial charge in [0.25, 0.3) is 5.91 Å². The predicted molar refractivity (Wildman–Crippen MR) is 98.9 cm³/mol. The van der Waals surface area contributed by atoms with Crippen molar-refractivity contribution in [3.63, 3.8) is 0 Å². The van der Waals surface area contributed by atoms with Gasteiger partial charge in [-0.3, -0.25) is 4.79 Å². The number of rotatable bonds is 5. The minimum absolute atomic E-state index is 0.0511. The van der Waals surface area contributed by atoms with E-state index in [0.717, 1.165) is 24.1 Å². The van der Waals surface area contributed by atoms with E-state index in [-0.39, 0.29) is 17.3 Å². The molecule has 0 unspecified atom stereocenters. The van der Waals surface area contributed by atoms with Crippen LogP contribution in [0.1, 0.15) is 17.5 Å². The number of carbonyl (C=O) groups is 1. The Kier molecular flexibility index (Phi) is 5.65. The third-order valence-corrected chi connectivity index (χ3v) is 4.45. The van der Waals surface area contributed by atoms with Gasteiger partial charge in [0.2, 0.25) is 0 Å².